The molecule has 2 atom stereocenters. The average Bonchev–Trinajstić information content (AvgIpc) is 3.07. The number of carbonyl (C=O) groups is 3. The van der Waals surface area contributed by atoms with Gasteiger partial charge < -0.3 is 20.3 Å². The first-order valence-electron chi connectivity index (χ1n) is 9.03. The van der Waals surface area contributed by atoms with Crippen LogP contribution in [0.5, 0.6) is 0 Å². The van der Waals surface area contributed by atoms with Gasteiger partial charge in [-0.05, 0) is 31.0 Å². The van der Waals surface area contributed by atoms with Gasteiger partial charge in [-0.1, -0.05) is 18.9 Å². The summed E-state index contributed by atoms with van der Waals surface area (Å²) in [5.41, 5.74) is 1.27. The Bertz CT molecular complexity index is 738. The number of anilines is 2. The average molecular weight is 358 g/mol. The Morgan fingerprint density at radius 1 is 1.23 bits per heavy atom. The highest BCUT2D eigenvalue weighted by Gasteiger charge is 2.38. The van der Waals surface area contributed by atoms with E-state index in [2.05, 4.69) is 10.6 Å². The molecule has 0 radical (unpaired) electrons. The monoisotopic (exact) mass is 358 g/mol. The predicted octanol–water partition coefficient (Wildman–Crippen LogP) is 1.92. The molecular weight excluding hydrogens is 336 g/mol. The minimum Gasteiger partial charge on any atom is -0.447 e. The Morgan fingerprint density at radius 2 is 2.08 bits per heavy atom. The van der Waals surface area contributed by atoms with Crippen molar-refractivity contribution >= 4 is 29.4 Å². The molecule has 26 heavy (non-hydrogen) atoms. The molecule has 3 aliphatic rings. The molecule has 2 aliphatic heterocycles. The molecule has 0 spiro atoms. The van der Waals surface area contributed by atoms with Gasteiger partial charge in [-0.3, -0.25) is 9.69 Å². The van der Waals surface area contributed by atoms with Crippen molar-refractivity contribution < 1.29 is 19.1 Å². The summed E-state index contributed by atoms with van der Waals surface area (Å²) in [6.07, 6.45) is 3.56. The zero-order chi connectivity index (χ0) is 18.1. The van der Waals surface area contributed by atoms with Gasteiger partial charge in [0.2, 0.25) is 5.91 Å². The Kier molecular flexibility index (Phi) is 4.40. The van der Waals surface area contributed by atoms with E-state index in [0.717, 1.165) is 25.7 Å². The van der Waals surface area contributed by atoms with E-state index < -0.39 is 0 Å². The van der Waals surface area contributed by atoms with Crippen LogP contribution in [0.4, 0.5) is 21.0 Å². The lowest BCUT2D eigenvalue weighted by molar-refractivity contribution is -0.126. The summed E-state index contributed by atoms with van der Waals surface area (Å²) in [4.78, 5) is 39.6. The van der Waals surface area contributed by atoms with Crippen molar-refractivity contribution in [1.82, 2.24) is 10.2 Å². The van der Waals surface area contributed by atoms with Crippen LogP contribution in [0, 0.1) is 0 Å². The largest absolute Gasteiger partial charge is 0.447 e. The summed E-state index contributed by atoms with van der Waals surface area (Å²) in [5, 5.41) is 5.87. The van der Waals surface area contributed by atoms with Crippen LogP contribution < -0.4 is 15.5 Å². The third kappa shape index (κ3) is 3.18. The minimum atomic E-state index is -0.383. The van der Waals surface area contributed by atoms with Crippen molar-refractivity contribution in [2.24, 2.45) is 0 Å². The lowest BCUT2D eigenvalue weighted by atomic mass is 9.87. The summed E-state index contributed by atoms with van der Waals surface area (Å²) < 4.78 is 4.95. The first-order chi connectivity index (χ1) is 12.6. The number of nitrogens with one attached hydrogen (secondary N) is 2. The topological polar surface area (TPSA) is 91.0 Å². The van der Waals surface area contributed by atoms with Gasteiger partial charge in [0.15, 0.2) is 0 Å². The summed E-state index contributed by atoms with van der Waals surface area (Å²) in [6.45, 7) is 0.929. The number of fused-ring (bicyclic) bond motifs is 1. The van der Waals surface area contributed by atoms with E-state index in [1.165, 1.54) is 4.90 Å². The van der Waals surface area contributed by atoms with Gasteiger partial charge in [0, 0.05) is 17.4 Å². The van der Waals surface area contributed by atoms with E-state index in [1.807, 2.05) is 0 Å². The predicted molar refractivity (Wildman–Crippen MR) is 95.0 cm³/mol. The third-order valence-electron chi connectivity index (χ3n) is 5.22. The van der Waals surface area contributed by atoms with Gasteiger partial charge in [0.25, 0.3) is 0 Å². The van der Waals surface area contributed by atoms with E-state index in [9.17, 15) is 14.4 Å². The maximum Gasteiger partial charge on any atom is 0.414 e. The van der Waals surface area contributed by atoms with Crippen LogP contribution in [0.1, 0.15) is 25.7 Å². The van der Waals surface area contributed by atoms with Crippen molar-refractivity contribution in [3.63, 3.8) is 0 Å². The van der Waals surface area contributed by atoms with Crippen molar-refractivity contribution in [2.45, 2.75) is 37.8 Å². The zero-order valence-corrected chi connectivity index (χ0v) is 14.4. The Morgan fingerprint density at radius 3 is 2.88 bits per heavy atom. The normalized spacial score (nSPS) is 25.4. The fraction of sp³-hybridized carbons (Fsp3) is 0.500. The molecule has 4 rings (SSSR count). The highest BCUT2D eigenvalue weighted by atomic mass is 16.6. The summed E-state index contributed by atoms with van der Waals surface area (Å²) >= 11 is 0. The van der Waals surface area contributed by atoms with Gasteiger partial charge >= 0.3 is 12.1 Å². The molecule has 1 aromatic carbocycles. The van der Waals surface area contributed by atoms with Crippen molar-refractivity contribution in [2.75, 3.05) is 29.9 Å². The molecular formula is C18H22N4O4. The van der Waals surface area contributed by atoms with Gasteiger partial charge in [-0.25, -0.2) is 9.59 Å². The fourth-order valence-corrected chi connectivity index (χ4v) is 3.97. The number of cyclic esters (lactones) is 1. The summed E-state index contributed by atoms with van der Waals surface area (Å²) in [7, 11) is 0. The number of rotatable bonds is 2. The number of benzene rings is 1. The standard InChI is InChI=1S/C18H22N4O4/c23-16-11-22(15-7-2-1-6-14(15)20-16)17(24)19-12-4-3-5-13(10-12)21-8-9-26-18(21)25/h3-5,10,14-15H,1-2,6-9,11H2,(H,19,24)(H,20,23). The molecule has 1 aromatic rings. The van der Waals surface area contributed by atoms with Crippen LogP contribution >= 0.6 is 0 Å². The molecule has 138 valence electrons. The molecule has 2 unspecified atom stereocenters. The highest BCUT2D eigenvalue weighted by Crippen LogP contribution is 2.27. The Hall–Kier alpha value is -2.77. The number of urea groups is 1. The van der Waals surface area contributed by atoms with Gasteiger partial charge in [-0.2, -0.15) is 0 Å². The van der Waals surface area contributed by atoms with Crippen LogP contribution in [0.3, 0.4) is 0 Å². The number of ether oxygens (including phenoxy) is 1. The maximum absolute atomic E-state index is 12.8. The smallest absolute Gasteiger partial charge is 0.414 e. The van der Waals surface area contributed by atoms with Gasteiger partial charge in [0.05, 0.1) is 12.6 Å². The Balaban J connectivity index is 1.49. The van der Waals surface area contributed by atoms with Crippen LogP contribution in [0.25, 0.3) is 0 Å². The molecule has 0 bridgehead atoms. The molecule has 0 aromatic heterocycles. The second-order valence-corrected chi connectivity index (χ2v) is 6.90. The van der Waals surface area contributed by atoms with Gasteiger partial charge in [0.1, 0.15) is 13.2 Å². The number of hydrogen-bond donors (Lipinski definition) is 2. The molecule has 2 heterocycles. The van der Waals surface area contributed by atoms with E-state index in [-0.39, 0.29) is 36.7 Å². The number of nitrogens with zero attached hydrogens (tertiary/aromatic N) is 2. The van der Waals surface area contributed by atoms with Crippen LogP contribution in [0.2, 0.25) is 0 Å². The summed E-state index contributed by atoms with van der Waals surface area (Å²) in [6, 6.07) is 6.90. The second-order valence-electron chi connectivity index (χ2n) is 6.90. The number of carbonyl (C=O) groups excluding carboxylic acids is 3. The molecule has 1 aliphatic carbocycles. The quantitative estimate of drug-likeness (QED) is 0.845. The third-order valence-corrected chi connectivity index (χ3v) is 5.22. The molecule has 2 N–H and O–H groups in total. The van der Waals surface area contributed by atoms with Crippen LogP contribution in [0.15, 0.2) is 24.3 Å². The summed E-state index contributed by atoms with van der Waals surface area (Å²) in [5.74, 6) is -0.114. The van der Waals surface area contributed by atoms with E-state index in [4.69, 9.17) is 4.74 Å². The molecule has 4 amide bonds. The number of piperazine rings is 1. The highest BCUT2D eigenvalue weighted by molar-refractivity contribution is 5.95. The second kappa shape index (κ2) is 6.86. The number of amides is 4. The van der Waals surface area contributed by atoms with Crippen molar-refractivity contribution in [3.05, 3.63) is 24.3 Å². The lowest BCUT2D eigenvalue weighted by Crippen LogP contribution is -2.63. The van der Waals surface area contributed by atoms with Crippen molar-refractivity contribution in [1.29, 1.82) is 0 Å². The van der Waals surface area contributed by atoms with Crippen LogP contribution in [-0.2, 0) is 9.53 Å². The Labute approximate surface area is 151 Å². The molecule has 2 saturated heterocycles. The zero-order valence-electron chi connectivity index (χ0n) is 14.4. The van der Waals surface area contributed by atoms with Crippen molar-refractivity contribution in [3.8, 4) is 0 Å². The minimum absolute atomic E-state index is 0.0400. The van der Waals surface area contributed by atoms with E-state index >= 15 is 0 Å². The van der Waals surface area contributed by atoms with E-state index in [1.54, 1.807) is 29.2 Å². The first-order valence-corrected chi connectivity index (χ1v) is 9.03. The number of hydrogen-bond acceptors (Lipinski definition) is 4. The molecule has 8 heteroatoms. The molecule has 8 nitrogen and oxygen atoms in total. The van der Waals surface area contributed by atoms with Crippen LogP contribution in [-0.4, -0.2) is 54.7 Å². The molecule has 1 saturated carbocycles. The fourth-order valence-electron chi connectivity index (χ4n) is 3.97. The maximum atomic E-state index is 12.8. The first kappa shape index (κ1) is 16.7. The SMILES string of the molecule is O=C1CN(C(=O)Nc2cccc(N3CCOC3=O)c2)C2CCCCC2N1. The lowest BCUT2D eigenvalue weighted by Gasteiger charge is -2.43. The van der Waals surface area contributed by atoms with E-state index in [0.29, 0.717) is 24.5 Å². The van der Waals surface area contributed by atoms with Gasteiger partial charge in [-0.15, -0.1) is 0 Å². The molecule has 3 fully saturated rings.